The van der Waals surface area contributed by atoms with E-state index in [2.05, 4.69) is 9.46 Å². The minimum absolute atomic E-state index is 0.162. The lowest BCUT2D eigenvalue weighted by Crippen LogP contribution is -2.39. The maximum Gasteiger partial charge on any atom is 0.313 e. The van der Waals surface area contributed by atoms with Crippen LogP contribution in [0.15, 0.2) is 0 Å². The minimum atomic E-state index is -3.37. The molecule has 8 heteroatoms. The standard InChI is InChI=1S/C13H23NO6S/c1-19-8-7-14-21(17,18)11-5-3-10(4-6-11)12(15)9-13(16)20-2/h10-11,14H,3-9H2,1-2H3. The molecule has 0 aromatic rings. The summed E-state index contributed by atoms with van der Waals surface area (Å²) in [7, 11) is -0.618. The molecule has 0 radical (unpaired) electrons. The first-order valence-corrected chi connectivity index (χ1v) is 8.52. The number of sulfonamides is 1. The molecule has 1 rings (SSSR count). The number of nitrogens with one attached hydrogen (secondary N) is 1. The Morgan fingerprint density at radius 2 is 1.76 bits per heavy atom. The van der Waals surface area contributed by atoms with Crippen molar-refractivity contribution in [2.75, 3.05) is 27.4 Å². The molecule has 7 nitrogen and oxygen atoms in total. The van der Waals surface area contributed by atoms with Crippen molar-refractivity contribution in [1.29, 1.82) is 0 Å². The Morgan fingerprint density at radius 3 is 2.29 bits per heavy atom. The molecule has 0 aliphatic heterocycles. The van der Waals surface area contributed by atoms with Gasteiger partial charge in [0.05, 0.1) is 19.0 Å². The zero-order chi connectivity index (χ0) is 15.9. The van der Waals surface area contributed by atoms with Crippen molar-refractivity contribution < 1.29 is 27.5 Å². The van der Waals surface area contributed by atoms with Crippen LogP contribution in [0.2, 0.25) is 0 Å². The summed E-state index contributed by atoms with van der Waals surface area (Å²) in [4.78, 5) is 22.9. The number of rotatable bonds is 8. The molecule has 1 aliphatic rings. The number of carbonyl (C=O) groups is 2. The van der Waals surface area contributed by atoms with Crippen LogP contribution in [-0.2, 0) is 29.1 Å². The van der Waals surface area contributed by atoms with Gasteiger partial charge in [-0.3, -0.25) is 9.59 Å². The average Bonchev–Trinajstić information content (AvgIpc) is 2.47. The normalized spacial score (nSPS) is 22.8. The van der Waals surface area contributed by atoms with Crippen molar-refractivity contribution in [2.24, 2.45) is 5.92 Å². The largest absolute Gasteiger partial charge is 0.469 e. The highest BCUT2D eigenvalue weighted by Crippen LogP contribution is 2.29. The fraction of sp³-hybridized carbons (Fsp3) is 0.846. The van der Waals surface area contributed by atoms with Gasteiger partial charge in [-0.2, -0.15) is 0 Å². The van der Waals surface area contributed by atoms with Gasteiger partial charge < -0.3 is 9.47 Å². The first kappa shape index (κ1) is 18.1. The summed E-state index contributed by atoms with van der Waals surface area (Å²) < 4.78 is 35.8. The minimum Gasteiger partial charge on any atom is -0.469 e. The molecule has 122 valence electrons. The number of Topliss-reactive ketones (excluding diaryl/α,β-unsaturated/α-hetero) is 1. The molecule has 0 saturated heterocycles. The van der Waals surface area contributed by atoms with Gasteiger partial charge in [0.1, 0.15) is 12.2 Å². The van der Waals surface area contributed by atoms with E-state index < -0.39 is 21.2 Å². The lowest BCUT2D eigenvalue weighted by Gasteiger charge is -2.27. The first-order valence-electron chi connectivity index (χ1n) is 6.97. The lowest BCUT2D eigenvalue weighted by molar-refractivity contribution is -0.144. The molecule has 0 unspecified atom stereocenters. The van der Waals surface area contributed by atoms with Crippen molar-refractivity contribution >= 4 is 21.8 Å². The third-order valence-electron chi connectivity index (χ3n) is 3.72. The number of hydrogen-bond donors (Lipinski definition) is 1. The van der Waals surface area contributed by atoms with Crippen molar-refractivity contribution in [1.82, 2.24) is 4.72 Å². The third kappa shape index (κ3) is 5.72. The van der Waals surface area contributed by atoms with E-state index in [4.69, 9.17) is 4.74 Å². The van der Waals surface area contributed by atoms with Crippen LogP contribution in [0.5, 0.6) is 0 Å². The third-order valence-corrected chi connectivity index (χ3v) is 5.68. The predicted molar refractivity (Wildman–Crippen MR) is 76.2 cm³/mol. The van der Waals surface area contributed by atoms with Crippen molar-refractivity contribution in [3.05, 3.63) is 0 Å². The topological polar surface area (TPSA) is 98.8 Å². The second-order valence-electron chi connectivity index (χ2n) is 5.13. The molecule has 0 atom stereocenters. The van der Waals surface area contributed by atoms with E-state index in [1.807, 2.05) is 0 Å². The maximum absolute atomic E-state index is 12.0. The van der Waals surface area contributed by atoms with E-state index in [9.17, 15) is 18.0 Å². The van der Waals surface area contributed by atoms with Gasteiger partial charge in [-0.15, -0.1) is 0 Å². The summed E-state index contributed by atoms with van der Waals surface area (Å²) in [5.74, 6) is -0.949. The van der Waals surface area contributed by atoms with Gasteiger partial charge in [-0.1, -0.05) is 0 Å². The van der Waals surface area contributed by atoms with Crippen LogP contribution in [0.1, 0.15) is 32.1 Å². The monoisotopic (exact) mass is 321 g/mol. The molecule has 1 saturated carbocycles. The second-order valence-corrected chi connectivity index (χ2v) is 7.17. The number of methoxy groups -OCH3 is 2. The molecule has 0 amide bonds. The summed E-state index contributed by atoms with van der Waals surface area (Å²) in [6.45, 7) is 0.576. The highest BCUT2D eigenvalue weighted by Gasteiger charge is 2.33. The Morgan fingerprint density at radius 1 is 1.14 bits per heavy atom. The maximum atomic E-state index is 12.0. The van der Waals surface area contributed by atoms with Gasteiger partial charge >= 0.3 is 5.97 Å². The van der Waals surface area contributed by atoms with Gasteiger partial charge in [-0.25, -0.2) is 13.1 Å². The van der Waals surface area contributed by atoms with E-state index >= 15 is 0 Å². The number of hydrogen-bond acceptors (Lipinski definition) is 6. The predicted octanol–water partition coefficient (Wildman–Crippen LogP) is 0.243. The highest BCUT2D eigenvalue weighted by atomic mass is 32.2. The summed E-state index contributed by atoms with van der Waals surface area (Å²) in [6.07, 6.45) is 1.61. The number of esters is 1. The van der Waals surface area contributed by atoms with Gasteiger partial charge in [-0.05, 0) is 25.7 Å². The van der Waals surface area contributed by atoms with Gasteiger partial charge in [0.15, 0.2) is 0 Å². The van der Waals surface area contributed by atoms with E-state index in [0.717, 1.165) is 0 Å². The highest BCUT2D eigenvalue weighted by molar-refractivity contribution is 7.90. The SMILES string of the molecule is COCCNS(=O)(=O)C1CCC(C(=O)CC(=O)OC)CC1. The molecule has 0 aromatic carbocycles. The fourth-order valence-electron chi connectivity index (χ4n) is 2.46. The van der Waals surface area contributed by atoms with Crippen molar-refractivity contribution in [3.63, 3.8) is 0 Å². The summed E-state index contributed by atoms with van der Waals surface area (Å²) >= 11 is 0. The smallest absolute Gasteiger partial charge is 0.313 e. The first-order chi connectivity index (χ1) is 9.90. The molecular weight excluding hydrogens is 298 g/mol. The van der Waals surface area contributed by atoms with Crippen LogP contribution in [-0.4, -0.2) is 52.8 Å². The summed E-state index contributed by atoms with van der Waals surface area (Å²) in [5.41, 5.74) is 0. The van der Waals surface area contributed by atoms with E-state index in [1.165, 1.54) is 14.2 Å². The Balaban J connectivity index is 2.44. The van der Waals surface area contributed by atoms with Gasteiger partial charge in [0, 0.05) is 19.6 Å². The Labute approximate surface area is 125 Å². The van der Waals surface area contributed by atoms with Crippen LogP contribution in [0.4, 0.5) is 0 Å². The quantitative estimate of drug-likeness (QED) is 0.391. The van der Waals surface area contributed by atoms with Crippen LogP contribution >= 0.6 is 0 Å². The van der Waals surface area contributed by atoms with Crippen LogP contribution in [0.3, 0.4) is 0 Å². The molecule has 0 bridgehead atoms. The van der Waals surface area contributed by atoms with E-state index in [-0.39, 0.29) is 24.7 Å². The number of ketones is 1. The molecule has 1 fully saturated rings. The van der Waals surface area contributed by atoms with Crippen LogP contribution in [0.25, 0.3) is 0 Å². The van der Waals surface area contributed by atoms with Crippen LogP contribution in [0, 0.1) is 5.92 Å². The van der Waals surface area contributed by atoms with E-state index in [0.29, 0.717) is 32.3 Å². The zero-order valence-corrected chi connectivity index (χ0v) is 13.3. The van der Waals surface area contributed by atoms with E-state index in [1.54, 1.807) is 0 Å². The number of carbonyl (C=O) groups excluding carboxylic acids is 2. The summed E-state index contributed by atoms with van der Waals surface area (Å²) in [6, 6.07) is 0. The van der Waals surface area contributed by atoms with Crippen molar-refractivity contribution in [3.8, 4) is 0 Å². The number of ether oxygens (including phenoxy) is 2. The molecule has 0 heterocycles. The molecule has 1 N–H and O–H groups in total. The molecule has 0 aromatic heterocycles. The average molecular weight is 321 g/mol. The van der Waals surface area contributed by atoms with Gasteiger partial charge in [0.2, 0.25) is 10.0 Å². The van der Waals surface area contributed by atoms with Gasteiger partial charge in [0.25, 0.3) is 0 Å². The van der Waals surface area contributed by atoms with Crippen molar-refractivity contribution in [2.45, 2.75) is 37.4 Å². The molecule has 21 heavy (non-hydrogen) atoms. The molecule has 0 spiro atoms. The Kier molecular flexibility index (Phi) is 7.27. The Hall–Kier alpha value is -0.990. The fourth-order valence-corrected chi connectivity index (χ4v) is 3.95. The molecule has 1 aliphatic carbocycles. The Bertz CT molecular complexity index is 453. The second kappa shape index (κ2) is 8.45. The zero-order valence-electron chi connectivity index (χ0n) is 12.5. The molecular formula is C13H23NO6S. The summed E-state index contributed by atoms with van der Waals surface area (Å²) in [5, 5.41) is -0.475. The lowest BCUT2D eigenvalue weighted by atomic mass is 9.85. The van der Waals surface area contributed by atoms with Crippen LogP contribution < -0.4 is 4.72 Å².